The molecule has 4 heterocycles. The van der Waals surface area contributed by atoms with Gasteiger partial charge in [-0.15, -0.1) is 11.3 Å². The number of benzene rings is 8. The Morgan fingerprint density at radius 2 is 1.09 bits per heavy atom. The summed E-state index contributed by atoms with van der Waals surface area (Å²) in [6.07, 6.45) is -0.305. The predicted octanol–water partition coefficient (Wildman–Crippen LogP) is 13.2. The summed E-state index contributed by atoms with van der Waals surface area (Å²) < 4.78 is 12.0. The van der Waals surface area contributed by atoms with Crippen LogP contribution in [0.1, 0.15) is 22.9 Å². The fourth-order valence-corrected chi connectivity index (χ4v) is 9.98. The number of amidine groups is 2. The van der Waals surface area contributed by atoms with E-state index in [1.165, 1.54) is 47.7 Å². The van der Waals surface area contributed by atoms with Crippen LogP contribution in [0.4, 0.5) is 0 Å². The minimum Gasteiger partial charge on any atom is -0.455 e. The van der Waals surface area contributed by atoms with Gasteiger partial charge in [0.1, 0.15) is 23.2 Å². The predicted molar refractivity (Wildman–Crippen MR) is 238 cm³/mol. The molecule has 0 spiro atoms. The van der Waals surface area contributed by atoms with Gasteiger partial charge in [-0.1, -0.05) is 152 Å². The number of hydrogen-bond acceptors (Lipinski definition) is 5. The molecule has 57 heavy (non-hydrogen) atoms. The lowest BCUT2D eigenvalue weighted by molar-refractivity contribution is 0.660. The van der Waals surface area contributed by atoms with E-state index in [2.05, 4.69) is 155 Å². The van der Waals surface area contributed by atoms with Crippen LogP contribution in [0.5, 0.6) is 0 Å². The Hall–Kier alpha value is -7.28. The third kappa shape index (κ3) is 4.94. The first kappa shape index (κ1) is 32.0. The Morgan fingerprint density at radius 1 is 0.509 bits per heavy atom. The topological polar surface area (TPSA) is 54.8 Å². The van der Waals surface area contributed by atoms with Gasteiger partial charge in [0.15, 0.2) is 5.84 Å². The highest BCUT2D eigenvalue weighted by Crippen LogP contribution is 2.46. The molecule has 0 saturated heterocycles. The Kier molecular flexibility index (Phi) is 7.09. The molecule has 1 aliphatic heterocycles. The monoisotopic (exact) mass is 748 g/mol. The van der Waals surface area contributed by atoms with Crippen molar-refractivity contribution in [1.29, 1.82) is 0 Å². The molecular weight excluding hydrogens is 717 g/mol. The Labute approximate surface area is 331 Å². The highest BCUT2D eigenvalue weighted by Gasteiger charge is 2.25. The Morgan fingerprint density at radius 3 is 1.84 bits per heavy atom. The number of fused-ring (bicyclic) bond motifs is 9. The molecule has 0 saturated carbocycles. The molecule has 1 aliphatic rings. The van der Waals surface area contributed by atoms with Crippen molar-refractivity contribution in [1.82, 2.24) is 9.88 Å². The number of rotatable bonds is 5. The molecular formula is C51H32N4OS. The van der Waals surface area contributed by atoms with Gasteiger partial charge in [0.2, 0.25) is 0 Å². The maximum absolute atomic E-state index is 7.06. The highest BCUT2D eigenvalue weighted by molar-refractivity contribution is 7.26. The summed E-state index contributed by atoms with van der Waals surface area (Å²) in [4.78, 5) is 10.2. The van der Waals surface area contributed by atoms with Crippen LogP contribution in [0.15, 0.2) is 196 Å². The zero-order valence-corrected chi connectivity index (χ0v) is 31.4. The normalized spacial score (nSPS) is 14.5. The Balaban J connectivity index is 1.05. The van der Waals surface area contributed by atoms with Crippen molar-refractivity contribution in [2.24, 2.45) is 9.98 Å². The molecule has 0 aliphatic carbocycles. The molecule has 1 N–H and O–H groups in total. The largest absolute Gasteiger partial charge is 0.455 e. The fourth-order valence-electron chi connectivity index (χ4n) is 8.74. The zero-order valence-electron chi connectivity index (χ0n) is 30.6. The zero-order chi connectivity index (χ0) is 37.5. The van der Waals surface area contributed by atoms with E-state index >= 15 is 0 Å². The van der Waals surface area contributed by atoms with Crippen molar-refractivity contribution >= 4 is 86.9 Å². The molecule has 0 bridgehead atoms. The third-order valence-electron chi connectivity index (χ3n) is 11.3. The van der Waals surface area contributed by atoms with Gasteiger partial charge in [0.25, 0.3) is 0 Å². The van der Waals surface area contributed by atoms with Crippen LogP contribution >= 0.6 is 11.3 Å². The molecule has 5 nitrogen and oxygen atoms in total. The van der Waals surface area contributed by atoms with Crippen LogP contribution < -0.4 is 5.32 Å². The molecule has 0 radical (unpaired) electrons. The van der Waals surface area contributed by atoms with E-state index in [9.17, 15) is 0 Å². The van der Waals surface area contributed by atoms with Gasteiger partial charge in [-0.2, -0.15) is 0 Å². The van der Waals surface area contributed by atoms with Crippen molar-refractivity contribution in [3.8, 4) is 16.8 Å². The van der Waals surface area contributed by atoms with Crippen LogP contribution in [0.2, 0.25) is 0 Å². The van der Waals surface area contributed by atoms with E-state index < -0.39 is 0 Å². The summed E-state index contributed by atoms with van der Waals surface area (Å²) in [5.74, 6) is 1.41. The van der Waals surface area contributed by atoms with Crippen LogP contribution in [0, 0.1) is 0 Å². The quantitative estimate of drug-likeness (QED) is 0.191. The van der Waals surface area contributed by atoms with Gasteiger partial charge < -0.3 is 14.3 Å². The lowest BCUT2D eigenvalue weighted by Crippen LogP contribution is -2.33. The lowest BCUT2D eigenvalue weighted by atomic mass is 9.97. The average molecular weight is 749 g/mol. The summed E-state index contributed by atoms with van der Waals surface area (Å²) in [5, 5.41) is 10.8. The minimum absolute atomic E-state index is 0.305. The first-order chi connectivity index (χ1) is 28.3. The van der Waals surface area contributed by atoms with E-state index in [0.29, 0.717) is 5.84 Å². The van der Waals surface area contributed by atoms with Gasteiger partial charge in [-0.25, -0.2) is 9.98 Å². The second-order valence-electron chi connectivity index (χ2n) is 14.5. The van der Waals surface area contributed by atoms with E-state index in [1.54, 1.807) is 0 Å². The SMILES string of the molecule is c1ccc(C2=NC(c3ccccc3)NC(c3cccc4c3oc3c(-c5cccc6sc7c(-n8c9ccccc9c9ccccc98)cccc7c56)cccc34)=N2)cc1. The molecule has 1 unspecified atom stereocenters. The van der Waals surface area contributed by atoms with Crippen molar-refractivity contribution in [2.45, 2.75) is 6.17 Å². The van der Waals surface area contributed by atoms with E-state index in [0.717, 1.165) is 55.6 Å². The van der Waals surface area contributed by atoms with Crippen molar-refractivity contribution in [3.05, 3.63) is 199 Å². The number of hydrogen-bond donors (Lipinski definition) is 1. The smallest absolute Gasteiger partial charge is 0.159 e. The molecule has 0 fully saturated rings. The number of para-hydroxylation sites is 4. The van der Waals surface area contributed by atoms with Crippen LogP contribution in [-0.2, 0) is 0 Å². The second-order valence-corrected chi connectivity index (χ2v) is 15.6. The number of thiophene rings is 1. The first-order valence-electron chi connectivity index (χ1n) is 19.2. The number of nitrogens with one attached hydrogen (secondary N) is 1. The first-order valence-corrected chi connectivity index (χ1v) is 20.0. The van der Waals surface area contributed by atoms with Crippen LogP contribution in [0.3, 0.4) is 0 Å². The van der Waals surface area contributed by atoms with E-state index in [-0.39, 0.29) is 6.17 Å². The van der Waals surface area contributed by atoms with Crippen molar-refractivity contribution in [2.75, 3.05) is 0 Å². The molecule has 1 atom stereocenters. The average Bonchev–Trinajstić information content (AvgIpc) is 3.97. The lowest BCUT2D eigenvalue weighted by Gasteiger charge is -2.23. The summed E-state index contributed by atoms with van der Waals surface area (Å²) in [6.45, 7) is 0. The van der Waals surface area contributed by atoms with Crippen LogP contribution in [-0.4, -0.2) is 16.2 Å². The van der Waals surface area contributed by atoms with Gasteiger partial charge >= 0.3 is 0 Å². The molecule has 268 valence electrons. The standard InChI is InChI=1S/C51H32N4OS/c1-3-15-31(16-4-1)49-52-50(32-17-5-2-6-18-32)54-51(53-49)40-26-12-24-38-37-23-11-22-36(46(37)56-47(38)40)35-21-14-30-44-45(35)39-25-13-29-43(48(39)57-44)55-41-27-9-7-19-33(41)34-20-8-10-28-42(34)55/h1-30,49H,(H,52,53,54). The van der Waals surface area contributed by atoms with Crippen molar-refractivity contribution < 1.29 is 4.42 Å². The summed E-state index contributed by atoms with van der Waals surface area (Å²) in [5.41, 5.74) is 10.4. The number of aromatic nitrogens is 1. The summed E-state index contributed by atoms with van der Waals surface area (Å²) in [6, 6.07) is 64.2. The third-order valence-corrected chi connectivity index (χ3v) is 12.5. The van der Waals surface area contributed by atoms with E-state index in [4.69, 9.17) is 14.4 Å². The molecule has 11 aromatic rings. The fraction of sp³-hybridized carbons (Fsp3) is 0.0196. The minimum atomic E-state index is -0.305. The van der Waals surface area contributed by atoms with E-state index in [1.807, 2.05) is 47.7 Å². The molecule has 0 amide bonds. The summed E-state index contributed by atoms with van der Waals surface area (Å²) >= 11 is 1.85. The van der Waals surface area contributed by atoms with Crippen LogP contribution in [0.25, 0.3) is 80.7 Å². The summed E-state index contributed by atoms with van der Waals surface area (Å²) in [7, 11) is 0. The number of aliphatic imine (C=N–C) groups is 2. The maximum atomic E-state index is 7.06. The Bertz CT molecular complexity index is 3390. The molecule has 12 rings (SSSR count). The van der Waals surface area contributed by atoms with Crippen molar-refractivity contribution in [3.63, 3.8) is 0 Å². The molecule has 3 aromatic heterocycles. The maximum Gasteiger partial charge on any atom is 0.159 e. The number of furan rings is 1. The van der Waals surface area contributed by atoms with Gasteiger partial charge in [0, 0.05) is 48.1 Å². The van der Waals surface area contributed by atoms with Gasteiger partial charge in [-0.05, 0) is 41.5 Å². The highest BCUT2D eigenvalue weighted by atomic mass is 32.1. The second kappa shape index (κ2) is 12.6. The molecule has 8 aromatic carbocycles. The van der Waals surface area contributed by atoms with Gasteiger partial charge in [0.05, 0.1) is 27.0 Å². The number of nitrogens with zero attached hydrogens (tertiary/aromatic N) is 3. The molecule has 6 heteroatoms. The van der Waals surface area contributed by atoms with Gasteiger partial charge in [-0.3, -0.25) is 0 Å².